The van der Waals surface area contributed by atoms with Gasteiger partial charge in [-0.15, -0.1) is 24.0 Å². The number of rotatable bonds is 9. The zero-order valence-corrected chi connectivity index (χ0v) is 19.5. The fourth-order valence-corrected chi connectivity index (χ4v) is 3.26. The van der Waals surface area contributed by atoms with Crippen molar-refractivity contribution in [3.63, 3.8) is 0 Å². The Kier molecular flexibility index (Phi) is 12.9. The van der Waals surface area contributed by atoms with Crippen LogP contribution >= 0.6 is 24.0 Å². The Hall–Kier alpha value is -1.35. The third-order valence-corrected chi connectivity index (χ3v) is 4.72. The highest BCUT2D eigenvalue weighted by Gasteiger charge is 2.12. The molecule has 3 N–H and O–H groups in total. The number of benzene rings is 1. The normalized spacial score (nSPS) is 14.9. The average molecular weight is 502 g/mol. The molecule has 1 aliphatic carbocycles. The van der Waals surface area contributed by atoms with E-state index in [9.17, 15) is 4.79 Å². The summed E-state index contributed by atoms with van der Waals surface area (Å²) in [6.07, 6.45) is 8.81. The first-order valence-electron chi connectivity index (χ1n) is 10.1. The second kappa shape index (κ2) is 14.6. The highest BCUT2D eigenvalue weighted by molar-refractivity contribution is 14.0. The van der Waals surface area contributed by atoms with Crippen LogP contribution in [0.2, 0.25) is 0 Å². The number of nitrogens with zero attached hydrogens (tertiary/aromatic N) is 1. The Morgan fingerprint density at radius 1 is 1.11 bits per heavy atom. The van der Waals surface area contributed by atoms with Crippen molar-refractivity contribution in [3.05, 3.63) is 29.8 Å². The van der Waals surface area contributed by atoms with E-state index in [1.54, 1.807) is 7.05 Å². The second-order valence-corrected chi connectivity index (χ2v) is 7.04. The maximum Gasteiger partial charge on any atom is 0.221 e. The summed E-state index contributed by atoms with van der Waals surface area (Å²) in [6, 6.07) is 7.92. The van der Waals surface area contributed by atoms with Gasteiger partial charge in [0.05, 0.1) is 6.10 Å². The summed E-state index contributed by atoms with van der Waals surface area (Å²) in [5.74, 6) is 0.769. The van der Waals surface area contributed by atoms with Gasteiger partial charge in [-0.1, -0.05) is 31.4 Å². The molecule has 1 aliphatic rings. The van der Waals surface area contributed by atoms with Crippen LogP contribution < -0.4 is 16.0 Å². The Bertz CT molecular complexity index is 587. The molecule has 7 heteroatoms. The molecule has 0 atom stereocenters. The molecule has 0 spiro atoms. The number of hydrogen-bond donors (Lipinski definition) is 3. The van der Waals surface area contributed by atoms with E-state index in [-0.39, 0.29) is 29.9 Å². The Labute approximate surface area is 186 Å². The van der Waals surface area contributed by atoms with Crippen LogP contribution in [0.25, 0.3) is 0 Å². The van der Waals surface area contributed by atoms with Crippen molar-refractivity contribution in [1.82, 2.24) is 10.6 Å². The first kappa shape index (κ1) is 24.7. The number of nitrogens with one attached hydrogen (secondary N) is 3. The van der Waals surface area contributed by atoms with Crippen molar-refractivity contribution in [1.29, 1.82) is 0 Å². The maximum atomic E-state index is 11.0. The van der Waals surface area contributed by atoms with E-state index < -0.39 is 0 Å². The highest BCUT2D eigenvalue weighted by atomic mass is 127. The Balaban J connectivity index is 0.00000392. The highest BCUT2D eigenvalue weighted by Crippen LogP contribution is 2.20. The summed E-state index contributed by atoms with van der Waals surface area (Å²) in [4.78, 5) is 15.3. The topological polar surface area (TPSA) is 74.8 Å². The lowest BCUT2D eigenvalue weighted by Gasteiger charge is -2.22. The minimum Gasteiger partial charge on any atom is -0.378 e. The van der Waals surface area contributed by atoms with Crippen LogP contribution in [0.5, 0.6) is 0 Å². The maximum absolute atomic E-state index is 11.0. The van der Waals surface area contributed by atoms with Crippen LogP contribution in [0.15, 0.2) is 29.3 Å². The standard InChI is InChI=1S/C21H34N4O2.HI/c1-17(26)25-19-11-9-18(10-12-19)13-15-24-21(22-2)23-14-6-16-27-20-7-4-3-5-8-20;/h9-12,20H,3-8,13-16H2,1-2H3,(H,25,26)(H2,22,23,24);1H. The van der Waals surface area contributed by atoms with Crippen LogP contribution in [0.3, 0.4) is 0 Å². The van der Waals surface area contributed by atoms with Gasteiger partial charge in [0.2, 0.25) is 5.91 Å². The molecular weight excluding hydrogens is 467 g/mol. The van der Waals surface area contributed by atoms with E-state index in [0.29, 0.717) is 6.10 Å². The van der Waals surface area contributed by atoms with Gasteiger partial charge in [-0.05, 0) is 43.4 Å². The molecule has 1 aromatic rings. The summed E-state index contributed by atoms with van der Waals surface area (Å²) in [5.41, 5.74) is 2.04. The van der Waals surface area contributed by atoms with Crippen LogP contribution in [-0.4, -0.2) is 44.7 Å². The Morgan fingerprint density at radius 2 is 1.79 bits per heavy atom. The predicted molar refractivity (Wildman–Crippen MR) is 127 cm³/mol. The first-order chi connectivity index (χ1) is 13.2. The third-order valence-electron chi connectivity index (χ3n) is 4.72. The van der Waals surface area contributed by atoms with Crippen molar-refractivity contribution in [2.45, 2.75) is 58.0 Å². The largest absolute Gasteiger partial charge is 0.378 e. The van der Waals surface area contributed by atoms with Crippen molar-refractivity contribution < 1.29 is 9.53 Å². The van der Waals surface area contributed by atoms with Crippen LogP contribution in [-0.2, 0) is 16.0 Å². The minimum absolute atomic E-state index is 0. The fourth-order valence-electron chi connectivity index (χ4n) is 3.26. The lowest BCUT2D eigenvalue weighted by molar-refractivity contribution is -0.114. The van der Waals surface area contributed by atoms with E-state index >= 15 is 0 Å². The molecule has 6 nitrogen and oxygen atoms in total. The van der Waals surface area contributed by atoms with Gasteiger partial charge in [-0.3, -0.25) is 9.79 Å². The number of anilines is 1. The lowest BCUT2D eigenvalue weighted by Crippen LogP contribution is -2.39. The van der Waals surface area contributed by atoms with Gasteiger partial charge in [-0.2, -0.15) is 0 Å². The van der Waals surface area contributed by atoms with Crippen molar-refractivity contribution in [2.24, 2.45) is 4.99 Å². The van der Waals surface area contributed by atoms with Gasteiger partial charge in [0.25, 0.3) is 0 Å². The van der Waals surface area contributed by atoms with E-state index in [1.807, 2.05) is 24.3 Å². The zero-order valence-electron chi connectivity index (χ0n) is 17.1. The molecule has 2 rings (SSSR count). The van der Waals surface area contributed by atoms with E-state index in [4.69, 9.17) is 4.74 Å². The van der Waals surface area contributed by atoms with Gasteiger partial charge in [0, 0.05) is 39.4 Å². The molecule has 1 fully saturated rings. The van der Waals surface area contributed by atoms with E-state index in [1.165, 1.54) is 44.6 Å². The van der Waals surface area contributed by atoms with Crippen LogP contribution in [0.1, 0.15) is 51.0 Å². The monoisotopic (exact) mass is 502 g/mol. The molecule has 0 aromatic heterocycles. The third kappa shape index (κ3) is 10.3. The van der Waals surface area contributed by atoms with Gasteiger partial charge < -0.3 is 20.7 Å². The second-order valence-electron chi connectivity index (χ2n) is 7.04. The first-order valence-corrected chi connectivity index (χ1v) is 10.1. The number of hydrogen-bond acceptors (Lipinski definition) is 3. The molecule has 0 heterocycles. The van der Waals surface area contributed by atoms with Crippen molar-refractivity contribution in [2.75, 3.05) is 32.1 Å². The SMILES string of the molecule is CN=C(NCCCOC1CCCCC1)NCCc1ccc(NC(C)=O)cc1.I. The molecule has 0 bridgehead atoms. The molecular formula is C21H35IN4O2. The minimum atomic E-state index is -0.0524. The van der Waals surface area contributed by atoms with E-state index in [2.05, 4.69) is 20.9 Å². The molecule has 0 radical (unpaired) electrons. The Morgan fingerprint density at radius 3 is 2.43 bits per heavy atom. The van der Waals surface area contributed by atoms with Gasteiger partial charge in [0.1, 0.15) is 0 Å². The smallest absolute Gasteiger partial charge is 0.221 e. The van der Waals surface area contributed by atoms with Crippen molar-refractivity contribution in [3.8, 4) is 0 Å². The molecule has 1 saturated carbocycles. The van der Waals surface area contributed by atoms with Gasteiger partial charge in [-0.25, -0.2) is 0 Å². The number of guanidine groups is 1. The lowest BCUT2D eigenvalue weighted by atomic mass is 9.98. The van der Waals surface area contributed by atoms with Crippen molar-refractivity contribution >= 4 is 41.5 Å². The summed E-state index contributed by atoms with van der Waals surface area (Å²) in [5, 5.41) is 9.44. The number of aliphatic imine (C=N–C) groups is 1. The summed E-state index contributed by atoms with van der Waals surface area (Å²) >= 11 is 0. The molecule has 0 saturated heterocycles. The van der Waals surface area contributed by atoms with Crippen LogP contribution in [0.4, 0.5) is 5.69 Å². The number of halogens is 1. The summed E-state index contributed by atoms with van der Waals surface area (Å²) < 4.78 is 5.94. The van der Waals surface area contributed by atoms with Gasteiger partial charge >= 0.3 is 0 Å². The molecule has 1 aromatic carbocycles. The number of ether oxygens (including phenoxy) is 1. The van der Waals surface area contributed by atoms with Gasteiger partial charge in [0.15, 0.2) is 5.96 Å². The number of carbonyl (C=O) groups excluding carboxylic acids is 1. The molecule has 28 heavy (non-hydrogen) atoms. The van der Waals surface area contributed by atoms with E-state index in [0.717, 1.165) is 44.2 Å². The molecule has 1 amide bonds. The quantitative estimate of drug-likeness (QED) is 0.208. The van der Waals surface area contributed by atoms with Crippen LogP contribution in [0, 0.1) is 0 Å². The molecule has 158 valence electrons. The number of amides is 1. The summed E-state index contributed by atoms with van der Waals surface area (Å²) in [6.45, 7) is 3.99. The number of carbonyl (C=O) groups is 1. The molecule has 0 aliphatic heterocycles. The zero-order chi connectivity index (χ0) is 19.3. The average Bonchev–Trinajstić information content (AvgIpc) is 2.68. The predicted octanol–water partition coefficient (Wildman–Crippen LogP) is 3.71. The molecule has 0 unspecified atom stereocenters. The summed E-state index contributed by atoms with van der Waals surface area (Å²) in [7, 11) is 1.79. The fraction of sp³-hybridized carbons (Fsp3) is 0.619.